The Labute approximate surface area is 126 Å². The molecule has 0 aromatic carbocycles. The SMILES string of the molecule is O=C(N1CCC2(CCOCC2)C1)[C@]12CNC[C@H]1CCOC2. The normalized spacial score (nSPS) is 38.7. The van der Waals surface area contributed by atoms with Gasteiger partial charge in [0.15, 0.2) is 0 Å². The molecule has 0 aromatic heterocycles. The summed E-state index contributed by atoms with van der Waals surface area (Å²) in [6.07, 6.45) is 4.40. The highest BCUT2D eigenvalue weighted by Gasteiger charge is 2.54. The Morgan fingerprint density at radius 2 is 2.00 bits per heavy atom. The number of rotatable bonds is 1. The molecule has 1 N–H and O–H groups in total. The lowest BCUT2D eigenvalue weighted by atomic mass is 9.74. The van der Waals surface area contributed by atoms with Gasteiger partial charge in [-0.05, 0) is 43.6 Å². The summed E-state index contributed by atoms with van der Waals surface area (Å²) in [7, 11) is 0. The maximum atomic E-state index is 13.2. The number of carbonyl (C=O) groups excluding carboxylic acids is 1. The Morgan fingerprint density at radius 3 is 2.86 bits per heavy atom. The molecule has 5 heteroatoms. The molecule has 4 saturated heterocycles. The van der Waals surface area contributed by atoms with Crippen LogP contribution in [0.3, 0.4) is 0 Å². The number of hydrogen-bond acceptors (Lipinski definition) is 4. The van der Waals surface area contributed by atoms with Crippen LogP contribution in [0, 0.1) is 16.7 Å². The van der Waals surface area contributed by atoms with Crippen molar-refractivity contribution < 1.29 is 14.3 Å². The minimum absolute atomic E-state index is 0.283. The van der Waals surface area contributed by atoms with Crippen LogP contribution in [0.15, 0.2) is 0 Å². The zero-order valence-corrected chi connectivity index (χ0v) is 12.7. The fourth-order valence-electron chi connectivity index (χ4n) is 4.78. The Kier molecular flexibility index (Phi) is 3.47. The zero-order chi connectivity index (χ0) is 14.3. The van der Waals surface area contributed by atoms with Crippen LogP contribution < -0.4 is 5.32 Å². The van der Waals surface area contributed by atoms with Crippen LogP contribution in [-0.4, -0.2) is 63.4 Å². The molecule has 0 radical (unpaired) electrons. The van der Waals surface area contributed by atoms with Crippen LogP contribution >= 0.6 is 0 Å². The van der Waals surface area contributed by atoms with Crippen LogP contribution in [0.1, 0.15) is 25.7 Å². The van der Waals surface area contributed by atoms with Gasteiger partial charge in [-0.2, -0.15) is 0 Å². The van der Waals surface area contributed by atoms with Gasteiger partial charge in [-0.1, -0.05) is 0 Å². The molecule has 0 aliphatic carbocycles. The summed E-state index contributed by atoms with van der Waals surface area (Å²) in [4.78, 5) is 15.3. The first kappa shape index (κ1) is 14.0. The quantitative estimate of drug-likeness (QED) is 0.771. The van der Waals surface area contributed by atoms with E-state index < -0.39 is 0 Å². The third-order valence-electron chi connectivity index (χ3n) is 6.29. The highest BCUT2D eigenvalue weighted by molar-refractivity contribution is 5.84. The topological polar surface area (TPSA) is 50.8 Å². The molecule has 0 unspecified atom stereocenters. The summed E-state index contributed by atoms with van der Waals surface area (Å²) in [6, 6.07) is 0. The van der Waals surface area contributed by atoms with Crippen molar-refractivity contribution in [1.82, 2.24) is 10.2 Å². The van der Waals surface area contributed by atoms with E-state index in [1.165, 1.54) is 0 Å². The van der Waals surface area contributed by atoms with Crippen molar-refractivity contribution in [3.8, 4) is 0 Å². The van der Waals surface area contributed by atoms with Crippen LogP contribution in [0.25, 0.3) is 0 Å². The summed E-state index contributed by atoms with van der Waals surface area (Å²) >= 11 is 0. The average molecular weight is 294 g/mol. The number of carbonyl (C=O) groups is 1. The molecule has 4 fully saturated rings. The van der Waals surface area contributed by atoms with Crippen molar-refractivity contribution in [2.45, 2.75) is 25.7 Å². The van der Waals surface area contributed by atoms with E-state index in [0.29, 0.717) is 23.8 Å². The molecule has 118 valence electrons. The molecule has 1 amide bonds. The largest absolute Gasteiger partial charge is 0.381 e. The third kappa shape index (κ3) is 2.21. The highest BCUT2D eigenvalue weighted by Crippen LogP contribution is 2.44. The van der Waals surface area contributed by atoms with Crippen LogP contribution in [0.5, 0.6) is 0 Å². The number of hydrogen-bond donors (Lipinski definition) is 1. The van der Waals surface area contributed by atoms with Crippen LogP contribution in [0.4, 0.5) is 0 Å². The predicted molar refractivity (Wildman–Crippen MR) is 77.9 cm³/mol. The lowest BCUT2D eigenvalue weighted by molar-refractivity contribution is -0.152. The highest BCUT2D eigenvalue weighted by atomic mass is 16.5. The van der Waals surface area contributed by atoms with Crippen molar-refractivity contribution in [1.29, 1.82) is 0 Å². The van der Waals surface area contributed by atoms with Crippen LogP contribution in [-0.2, 0) is 14.3 Å². The van der Waals surface area contributed by atoms with Crippen molar-refractivity contribution in [2.24, 2.45) is 16.7 Å². The smallest absolute Gasteiger partial charge is 0.232 e. The van der Waals surface area contributed by atoms with Gasteiger partial charge in [0.25, 0.3) is 0 Å². The molecule has 4 rings (SSSR count). The molecule has 5 nitrogen and oxygen atoms in total. The molecule has 4 aliphatic heterocycles. The first-order valence-corrected chi connectivity index (χ1v) is 8.40. The molecular formula is C16H26N2O3. The Bertz CT molecular complexity index is 422. The lowest BCUT2D eigenvalue weighted by Crippen LogP contribution is -2.53. The maximum absolute atomic E-state index is 13.2. The van der Waals surface area contributed by atoms with Crippen molar-refractivity contribution in [3.05, 3.63) is 0 Å². The second kappa shape index (κ2) is 5.21. The molecule has 21 heavy (non-hydrogen) atoms. The van der Waals surface area contributed by atoms with Gasteiger partial charge in [0.05, 0.1) is 12.0 Å². The minimum Gasteiger partial charge on any atom is -0.381 e. The second-order valence-electron chi connectivity index (χ2n) is 7.41. The number of likely N-dealkylation sites (tertiary alicyclic amines) is 1. The van der Waals surface area contributed by atoms with Crippen molar-refractivity contribution in [2.75, 3.05) is 52.6 Å². The van der Waals surface area contributed by atoms with E-state index in [1.54, 1.807) is 0 Å². The van der Waals surface area contributed by atoms with Crippen LogP contribution in [0.2, 0.25) is 0 Å². The first-order chi connectivity index (χ1) is 10.2. The monoisotopic (exact) mass is 294 g/mol. The second-order valence-corrected chi connectivity index (χ2v) is 7.41. The number of fused-ring (bicyclic) bond motifs is 1. The Hall–Kier alpha value is -0.650. The van der Waals surface area contributed by atoms with Crippen molar-refractivity contribution >= 4 is 5.91 Å². The van der Waals surface area contributed by atoms with E-state index in [2.05, 4.69) is 10.2 Å². The molecule has 0 bridgehead atoms. The molecule has 2 atom stereocenters. The summed E-state index contributed by atoms with van der Waals surface area (Å²) in [6.45, 7) is 6.77. The average Bonchev–Trinajstić information content (AvgIpc) is 3.13. The summed E-state index contributed by atoms with van der Waals surface area (Å²) < 4.78 is 11.2. The molecule has 4 aliphatic rings. The number of ether oxygens (including phenoxy) is 2. The van der Waals surface area contributed by atoms with E-state index in [0.717, 1.165) is 71.7 Å². The van der Waals surface area contributed by atoms with E-state index in [9.17, 15) is 4.79 Å². The standard InChI is InChI=1S/C16H26N2O3/c19-14(16-10-17-9-13(16)1-6-21-12-16)18-5-2-15(11-18)3-7-20-8-4-15/h13,17H,1-12H2/t13-,16+/m1/s1. The van der Waals surface area contributed by atoms with Gasteiger partial charge in [0, 0.05) is 39.5 Å². The van der Waals surface area contributed by atoms with E-state index >= 15 is 0 Å². The van der Waals surface area contributed by atoms with Gasteiger partial charge >= 0.3 is 0 Å². The Balaban J connectivity index is 1.50. The number of amides is 1. The molecule has 1 spiro atoms. The van der Waals surface area contributed by atoms with Gasteiger partial charge in [0.1, 0.15) is 0 Å². The van der Waals surface area contributed by atoms with E-state index in [1.807, 2.05) is 0 Å². The molecule has 0 saturated carbocycles. The van der Waals surface area contributed by atoms with Gasteiger partial charge in [-0.15, -0.1) is 0 Å². The van der Waals surface area contributed by atoms with Gasteiger partial charge < -0.3 is 19.7 Å². The number of nitrogens with zero attached hydrogens (tertiary/aromatic N) is 1. The zero-order valence-electron chi connectivity index (χ0n) is 12.7. The van der Waals surface area contributed by atoms with E-state index in [-0.39, 0.29) is 5.41 Å². The van der Waals surface area contributed by atoms with Gasteiger partial charge in [0.2, 0.25) is 5.91 Å². The van der Waals surface area contributed by atoms with Gasteiger partial charge in [-0.3, -0.25) is 4.79 Å². The maximum Gasteiger partial charge on any atom is 0.232 e. The first-order valence-electron chi connectivity index (χ1n) is 8.40. The summed E-state index contributed by atoms with van der Waals surface area (Å²) in [5.74, 6) is 0.811. The third-order valence-corrected chi connectivity index (χ3v) is 6.29. The van der Waals surface area contributed by atoms with Crippen molar-refractivity contribution in [3.63, 3.8) is 0 Å². The Morgan fingerprint density at radius 1 is 1.14 bits per heavy atom. The fraction of sp³-hybridized carbons (Fsp3) is 0.938. The summed E-state index contributed by atoms with van der Waals surface area (Å²) in [5.41, 5.74) is 0.0521. The summed E-state index contributed by atoms with van der Waals surface area (Å²) in [5, 5.41) is 3.43. The predicted octanol–water partition coefficient (Wildman–Crippen LogP) is 0.642. The number of nitrogens with one attached hydrogen (secondary N) is 1. The van der Waals surface area contributed by atoms with Gasteiger partial charge in [-0.25, -0.2) is 0 Å². The minimum atomic E-state index is -0.283. The fourth-order valence-corrected chi connectivity index (χ4v) is 4.78. The molecule has 0 aromatic rings. The lowest BCUT2D eigenvalue weighted by Gasteiger charge is -2.40. The van der Waals surface area contributed by atoms with E-state index in [4.69, 9.17) is 9.47 Å². The molecule has 4 heterocycles. The molecular weight excluding hydrogens is 268 g/mol.